The van der Waals surface area contributed by atoms with Crippen LogP contribution in [-0.4, -0.2) is 16.1 Å². The smallest absolute Gasteiger partial charge is 0.347 e. The van der Waals surface area contributed by atoms with Gasteiger partial charge in [0, 0.05) is 0 Å². The minimum Gasteiger partial charge on any atom is -0.477 e. The van der Waals surface area contributed by atoms with Crippen LogP contribution in [0.5, 0.6) is 0 Å². The first-order valence-corrected chi connectivity index (χ1v) is 4.95. The van der Waals surface area contributed by atoms with E-state index in [9.17, 15) is 9.18 Å². The summed E-state index contributed by atoms with van der Waals surface area (Å²) in [5.74, 6) is -1.12. The van der Waals surface area contributed by atoms with Gasteiger partial charge in [-0.05, 0) is 29.5 Å². The first-order valence-electron chi connectivity index (χ1n) is 3.06. The lowest BCUT2D eigenvalue weighted by molar-refractivity contribution is 0.0698. The number of carboxylic acids is 1. The van der Waals surface area contributed by atoms with Crippen molar-refractivity contribution in [3.63, 3.8) is 0 Å². The van der Waals surface area contributed by atoms with Crippen LogP contribution in [0.25, 0.3) is 0 Å². The molecule has 0 aliphatic rings. The molecule has 1 rings (SSSR count). The van der Waals surface area contributed by atoms with Gasteiger partial charge in [0.15, 0.2) is 3.01 Å². The highest BCUT2D eigenvalue weighted by Crippen LogP contribution is 2.26. The molecule has 0 saturated heterocycles. The van der Waals surface area contributed by atoms with E-state index in [-0.39, 0.29) is 10.6 Å². The summed E-state index contributed by atoms with van der Waals surface area (Å²) in [6, 6.07) is 0. The van der Waals surface area contributed by atoms with Crippen LogP contribution in [0.3, 0.4) is 0 Å². The average Bonchev–Trinajstić information content (AvgIpc) is 2.31. The molecule has 0 saturated carbocycles. The van der Waals surface area contributed by atoms with Gasteiger partial charge in [0.1, 0.15) is 16.7 Å². The molecule has 0 aliphatic carbocycles. The van der Waals surface area contributed by atoms with E-state index in [2.05, 4.69) is 4.98 Å². The zero-order valence-corrected chi connectivity index (χ0v) is 9.02. The minimum atomic E-state index is -1.32. The van der Waals surface area contributed by atoms with Crippen LogP contribution in [0.15, 0.2) is 0 Å². The maximum atomic E-state index is 12.7. The standard InChI is InChI=1S/C6H5FINO2S/c1-2(7)3-4(5(10)11)12-6(8)9-3/h2H,1H3,(H,10,11). The zero-order chi connectivity index (χ0) is 9.30. The second-order valence-corrected chi connectivity index (χ2v) is 4.86. The van der Waals surface area contributed by atoms with Gasteiger partial charge in [-0.2, -0.15) is 0 Å². The fraction of sp³-hybridized carbons (Fsp3) is 0.333. The summed E-state index contributed by atoms with van der Waals surface area (Å²) in [6.45, 7) is 1.28. The average molecular weight is 301 g/mol. The van der Waals surface area contributed by atoms with E-state index in [1.165, 1.54) is 6.92 Å². The normalized spacial score (nSPS) is 12.9. The van der Waals surface area contributed by atoms with Gasteiger partial charge in [0.05, 0.1) is 0 Å². The molecule has 66 valence electrons. The highest BCUT2D eigenvalue weighted by molar-refractivity contribution is 14.1. The molecule has 1 aromatic rings. The zero-order valence-electron chi connectivity index (χ0n) is 6.04. The molecule has 1 atom stereocenters. The summed E-state index contributed by atoms with van der Waals surface area (Å²) < 4.78 is 13.3. The number of hydrogen-bond donors (Lipinski definition) is 1. The van der Waals surface area contributed by atoms with E-state index in [1.54, 1.807) is 0 Å². The van der Waals surface area contributed by atoms with Gasteiger partial charge in [-0.15, -0.1) is 11.3 Å². The predicted octanol–water partition coefficient (Wildman–Crippen LogP) is 2.48. The second kappa shape index (κ2) is 3.65. The van der Waals surface area contributed by atoms with Crippen molar-refractivity contribution >= 4 is 39.9 Å². The first-order chi connectivity index (χ1) is 5.52. The molecule has 0 fully saturated rings. The Morgan fingerprint density at radius 1 is 1.83 bits per heavy atom. The molecule has 1 heterocycles. The summed E-state index contributed by atoms with van der Waals surface area (Å²) in [5, 5.41) is 8.63. The van der Waals surface area contributed by atoms with E-state index in [4.69, 9.17) is 5.11 Å². The maximum absolute atomic E-state index is 12.7. The van der Waals surface area contributed by atoms with Crippen LogP contribution in [0.2, 0.25) is 0 Å². The van der Waals surface area contributed by atoms with Gasteiger partial charge in [-0.25, -0.2) is 14.2 Å². The Hall–Kier alpha value is -0.240. The van der Waals surface area contributed by atoms with Crippen LogP contribution in [-0.2, 0) is 0 Å². The van der Waals surface area contributed by atoms with Gasteiger partial charge < -0.3 is 5.11 Å². The van der Waals surface area contributed by atoms with E-state index in [0.717, 1.165) is 11.3 Å². The molecule has 0 aromatic carbocycles. The Bertz CT molecular complexity index is 312. The molecule has 6 heteroatoms. The molecule has 0 bridgehead atoms. The fourth-order valence-corrected chi connectivity index (χ4v) is 2.36. The Kier molecular flexibility index (Phi) is 2.99. The third-order valence-corrected chi connectivity index (χ3v) is 2.95. The van der Waals surface area contributed by atoms with Crippen molar-refractivity contribution in [2.24, 2.45) is 0 Å². The number of alkyl halides is 1. The van der Waals surface area contributed by atoms with Gasteiger partial charge in [0.25, 0.3) is 0 Å². The number of rotatable bonds is 2. The van der Waals surface area contributed by atoms with Gasteiger partial charge in [0.2, 0.25) is 0 Å². The number of carbonyl (C=O) groups is 1. The summed E-state index contributed by atoms with van der Waals surface area (Å²) >= 11 is 2.86. The molecule has 1 aromatic heterocycles. The molecule has 0 radical (unpaired) electrons. The van der Waals surface area contributed by atoms with Crippen molar-refractivity contribution in [2.45, 2.75) is 13.1 Å². The van der Waals surface area contributed by atoms with Gasteiger partial charge >= 0.3 is 5.97 Å². The quantitative estimate of drug-likeness (QED) is 0.854. The van der Waals surface area contributed by atoms with Crippen LogP contribution in [0, 0.1) is 3.01 Å². The van der Waals surface area contributed by atoms with Gasteiger partial charge in [-0.1, -0.05) is 0 Å². The molecule has 3 nitrogen and oxygen atoms in total. The fourth-order valence-electron chi connectivity index (χ4n) is 0.728. The van der Waals surface area contributed by atoms with Crippen molar-refractivity contribution in [1.82, 2.24) is 4.98 Å². The molecule has 1 unspecified atom stereocenters. The number of aromatic nitrogens is 1. The van der Waals surface area contributed by atoms with E-state index in [1.807, 2.05) is 22.6 Å². The highest BCUT2D eigenvalue weighted by atomic mass is 127. The summed E-state index contributed by atoms with van der Waals surface area (Å²) in [7, 11) is 0. The van der Waals surface area contributed by atoms with Crippen molar-refractivity contribution < 1.29 is 14.3 Å². The van der Waals surface area contributed by atoms with Crippen LogP contribution < -0.4 is 0 Å². The summed E-state index contributed by atoms with van der Waals surface area (Å²) in [6.07, 6.45) is -1.32. The molecule has 12 heavy (non-hydrogen) atoms. The first kappa shape index (κ1) is 9.85. The molecule has 0 amide bonds. The number of thiazole rings is 1. The topological polar surface area (TPSA) is 50.2 Å². The van der Waals surface area contributed by atoms with E-state index < -0.39 is 12.1 Å². The monoisotopic (exact) mass is 301 g/mol. The Morgan fingerprint density at radius 3 is 2.75 bits per heavy atom. The van der Waals surface area contributed by atoms with Crippen molar-refractivity contribution in [2.75, 3.05) is 0 Å². The lowest BCUT2D eigenvalue weighted by atomic mass is 10.3. The third kappa shape index (κ3) is 1.92. The molecule has 0 aliphatic heterocycles. The Morgan fingerprint density at radius 2 is 2.42 bits per heavy atom. The Balaban J connectivity index is 3.17. The van der Waals surface area contributed by atoms with Crippen LogP contribution in [0.4, 0.5) is 4.39 Å². The van der Waals surface area contributed by atoms with Crippen LogP contribution >= 0.6 is 33.9 Å². The van der Waals surface area contributed by atoms with E-state index in [0.29, 0.717) is 3.01 Å². The van der Waals surface area contributed by atoms with E-state index >= 15 is 0 Å². The SMILES string of the molecule is CC(F)c1nc(I)sc1C(=O)O. The molecular formula is C6H5FINO2S. The second-order valence-electron chi connectivity index (χ2n) is 2.10. The lowest BCUT2D eigenvalue weighted by Crippen LogP contribution is -1.99. The van der Waals surface area contributed by atoms with Crippen molar-refractivity contribution in [3.8, 4) is 0 Å². The molecular weight excluding hydrogens is 296 g/mol. The van der Waals surface area contributed by atoms with Crippen LogP contribution in [0.1, 0.15) is 28.5 Å². The number of hydrogen-bond acceptors (Lipinski definition) is 3. The maximum Gasteiger partial charge on any atom is 0.347 e. The third-order valence-electron chi connectivity index (χ3n) is 1.20. The molecule has 0 spiro atoms. The van der Waals surface area contributed by atoms with Crippen molar-refractivity contribution in [3.05, 3.63) is 13.6 Å². The minimum absolute atomic E-state index is 0.00519. The number of carboxylic acid groups (broad SMARTS) is 1. The number of nitrogens with zero attached hydrogens (tertiary/aromatic N) is 1. The Labute approximate surface area is 85.8 Å². The lowest BCUT2D eigenvalue weighted by Gasteiger charge is -1.96. The predicted molar refractivity (Wildman–Crippen MR) is 51.3 cm³/mol. The van der Waals surface area contributed by atoms with Gasteiger partial charge in [-0.3, -0.25) is 0 Å². The van der Waals surface area contributed by atoms with Crippen molar-refractivity contribution in [1.29, 1.82) is 0 Å². The highest BCUT2D eigenvalue weighted by Gasteiger charge is 2.20. The molecule has 1 N–H and O–H groups in total. The number of halogens is 2. The largest absolute Gasteiger partial charge is 0.477 e. The summed E-state index contributed by atoms with van der Waals surface area (Å²) in [4.78, 5) is 14.3. The summed E-state index contributed by atoms with van der Waals surface area (Å²) in [5.41, 5.74) is 0.0249. The number of aromatic carboxylic acids is 1.